The zero-order chi connectivity index (χ0) is 46.7. The van der Waals surface area contributed by atoms with Crippen LogP contribution in [0.3, 0.4) is 0 Å². The summed E-state index contributed by atoms with van der Waals surface area (Å²) in [4.78, 5) is 26.2. The van der Waals surface area contributed by atoms with Crippen molar-refractivity contribution in [1.82, 2.24) is 5.32 Å². The van der Waals surface area contributed by atoms with Crippen LogP contribution in [-0.2, 0) is 14.3 Å². The minimum Gasteiger partial charge on any atom is -0.462 e. The van der Waals surface area contributed by atoms with E-state index in [4.69, 9.17) is 4.74 Å². The number of esters is 1. The summed E-state index contributed by atoms with van der Waals surface area (Å²) in [5, 5.41) is 23.8. The summed E-state index contributed by atoms with van der Waals surface area (Å²) in [5.74, 6) is -0.501. The number of hydrogen-bond acceptors (Lipinski definition) is 5. The van der Waals surface area contributed by atoms with Crippen molar-refractivity contribution < 1.29 is 24.5 Å². The Hall–Kier alpha value is -2.18. The summed E-state index contributed by atoms with van der Waals surface area (Å²) in [6.45, 7) is 6.36. The fourth-order valence-corrected chi connectivity index (χ4v) is 8.56. The third-order valence-electron chi connectivity index (χ3n) is 12.8. The van der Waals surface area contributed by atoms with E-state index in [0.717, 1.165) is 70.6 Å². The molecule has 0 saturated carbocycles. The van der Waals surface area contributed by atoms with E-state index in [1.54, 1.807) is 0 Å². The molecule has 0 fully saturated rings. The lowest BCUT2D eigenvalue weighted by molar-refractivity contribution is -0.151. The number of unbranched alkanes of at least 4 members (excludes halogenated alkanes) is 33. The van der Waals surface area contributed by atoms with Crippen LogP contribution < -0.4 is 5.32 Å². The molecule has 0 bridgehead atoms. The molecule has 64 heavy (non-hydrogen) atoms. The molecule has 3 N–H and O–H groups in total. The first-order valence-corrected chi connectivity index (χ1v) is 27.9. The van der Waals surface area contributed by atoms with Crippen LogP contribution in [0.4, 0.5) is 0 Å². The van der Waals surface area contributed by atoms with Gasteiger partial charge >= 0.3 is 5.97 Å². The second kappa shape index (κ2) is 51.8. The number of aliphatic hydroxyl groups is 2. The van der Waals surface area contributed by atoms with Crippen LogP contribution in [0.1, 0.15) is 284 Å². The molecule has 0 radical (unpaired) electrons. The summed E-state index contributed by atoms with van der Waals surface area (Å²) in [7, 11) is 0. The maximum atomic E-state index is 13.2. The fraction of sp³-hybridized carbons (Fsp3) is 0.828. The average Bonchev–Trinajstić information content (AvgIpc) is 3.29. The smallest absolute Gasteiger partial charge is 0.306 e. The van der Waals surface area contributed by atoms with E-state index in [1.807, 2.05) is 24.3 Å². The number of aliphatic hydroxyl groups excluding tert-OH is 2. The molecular weight excluding hydrogens is 791 g/mol. The normalized spacial score (nSPS) is 13.5. The Labute approximate surface area is 397 Å². The van der Waals surface area contributed by atoms with Crippen LogP contribution >= 0.6 is 0 Å². The highest BCUT2D eigenvalue weighted by Crippen LogP contribution is 2.18. The van der Waals surface area contributed by atoms with Gasteiger partial charge in [0.15, 0.2) is 0 Å². The van der Waals surface area contributed by atoms with Gasteiger partial charge in [-0.1, -0.05) is 275 Å². The molecular formula is C58H107NO5. The summed E-state index contributed by atoms with van der Waals surface area (Å²) in [6.07, 6.45) is 63.2. The lowest BCUT2D eigenvalue weighted by Gasteiger charge is -2.24. The van der Waals surface area contributed by atoms with Gasteiger partial charge in [-0.05, 0) is 44.9 Å². The fourth-order valence-electron chi connectivity index (χ4n) is 8.56. The van der Waals surface area contributed by atoms with Crippen LogP contribution in [0.2, 0.25) is 0 Å². The monoisotopic (exact) mass is 898 g/mol. The van der Waals surface area contributed by atoms with E-state index >= 15 is 0 Å². The van der Waals surface area contributed by atoms with Gasteiger partial charge in [0.25, 0.3) is 0 Å². The van der Waals surface area contributed by atoms with Gasteiger partial charge in [-0.3, -0.25) is 9.59 Å². The lowest BCUT2D eigenvalue weighted by atomic mass is 10.0. The summed E-state index contributed by atoms with van der Waals surface area (Å²) < 4.78 is 5.93. The highest BCUT2D eigenvalue weighted by atomic mass is 16.5. The second-order valence-electron chi connectivity index (χ2n) is 19.1. The minimum absolute atomic E-state index is 0.0541. The summed E-state index contributed by atoms with van der Waals surface area (Å²) in [6, 6.07) is -0.713. The van der Waals surface area contributed by atoms with Crippen LogP contribution in [0.25, 0.3) is 0 Å². The molecule has 0 aromatic rings. The molecule has 0 aliphatic heterocycles. The Balaban J connectivity index is 4.52. The van der Waals surface area contributed by atoms with E-state index in [0.29, 0.717) is 19.3 Å². The topological polar surface area (TPSA) is 95.9 Å². The van der Waals surface area contributed by atoms with E-state index < -0.39 is 18.2 Å². The maximum absolute atomic E-state index is 13.2. The first kappa shape index (κ1) is 61.8. The van der Waals surface area contributed by atoms with Crippen molar-refractivity contribution in [1.29, 1.82) is 0 Å². The van der Waals surface area contributed by atoms with Crippen molar-refractivity contribution in [3.63, 3.8) is 0 Å². The first-order valence-electron chi connectivity index (χ1n) is 27.9. The highest BCUT2D eigenvalue weighted by molar-refractivity contribution is 5.77. The van der Waals surface area contributed by atoms with Crippen LogP contribution in [0.15, 0.2) is 48.6 Å². The maximum Gasteiger partial charge on any atom is 0.306 e. The Morgan fingerprint density at radius 3 is 1.28 bits per heavy atom. The van der Waals surface area contributed by atoms with Crippen molar-refractivity contribution in [3.8, 4) is 0 Å². The van der Waals surface area contributed by atoms with E-state index in [-0.39, 0.29) is 24.9 Å². The Kier molecular flexibility index (Phi) is 50.0. The van der Waals surface area contributed by atoms with Crippen molar-refractivity contribution >= 4 is 11.9 Å². The third kappa shape index (κ3) is 46.4. The number of amides is 1. The van der Waals surface area contributed by atoms with Gasteiger partial charge < -0.3 is 20.3 Å². The van der Waals surface area contributed by atoms with Crippen LogP contribution in [-0.4, -0.2) is 46.9 Å². The zero-order valence-corrected chi connectivity index (χ0v) is 42.7. The standard InChI is InChI=1S/C58H107NO5/c1-4-7-10-13-16-19-22-25-26-27-28-29-30-33-36-39-42-45-48-51-58(63)64-54(49-46-43-40-37-34-31-23-20-17-14-11-8-5-2)52-57(62)59-55(53-60)56(61)50-47-44-41-38-35-32-24-21-18-15-12-9-6-3/h8,11,14,17,20,23,31,34,54-56,60-61H,4-7,9-10,12-13,15-16,18-19,21-22,24-30,32-33,35-53H2,1-3H3,(H,59,62)/b11-8+,17-14+,23-20+,34-31-. The Bertz CT molecular complexity index is 1100. The van der Waals surface area contributed by atoms with Gasteiger partial charge in [0.2, 0.25) is 5.91 Å². The van der Waals surface area contributed by atoms with Crippen LogP contribution in [0.5, 0.6) is 0 Å². The molecule has 3 unspecified atom stereocenters. The molecule has 0 rings (SSSR count). The number of ether oxygens (including phenoxy) is 1. The van der Waals surface area contributed by atoms with Gasteiger partial charge in [-0.15, -0.1) is 0 Å². The number of nitrogens with one attached hydrogen (secondary N) is 1. The number of carbonyl (C=O) groups is 2. The number of hydrogen-bond donors (Lipinski definition) is 3. The molecule has 0 saturated heterocycles. The predicted molar refractivity (Wildman–Crippen MR) is 278 cm³/mol. The molecule has 0 aromatic heterocycles. The van der Waals surface area contributed by atoms with E-state index in [2.05, 4.69) is 50.4 Å². The number of carbonyl (C=O) groups excluding carboxylic acids is 2. The SMILES string of the molecule is CC/C=C/C=C/C=C/C=C\CCCCCC(CC(=O)NC(CO)C(O)CCCCCCCCCCCCCCC)OC(=O)CCCCCCCCCCCCCCCCCCCCC. The molecule has 0 aromatic carbocycles. The van der Waals surface area contributed by atoms with Gasteiger partial charge in [0, 0.05) is 6.42 Å². The predicted octanol–water partition coefficient (Wildman–Crippen LogP) is 17.0. The highest BCUT2D eigenvalue weighted by Gasteiger charge is 2.24. The summed E-state index contributed by atoms with van der Waals surface area (Å²) in [5.41, 5.74) is 0. The van der Waals surface area contributed by atoms with Crippen molar-refractivity contribution in [3.05, 3.63) is 48.6 Å². The second-order valence-corrected chi connectivity index (χ2v) is 19.1. The van der Waals surface area contributed by atoms with Gasteiger partial charge in [-0.2, -0.15) is 0 Å². The minimum atomic E-state index is -0.797. The number of allylic oxidation sites excluding steroid dienone is 8. The van der Waals surface area contributed by atoms with E-state index in [1.165, 1.54) is 167 Å². The molecule has 0 spiro atoms. The number of rotatable bonds is 50. The quantitative estimate of drug-likeness (QED) is 0.0321. The summed E-state index contributed by atoms with van der Waals surface area (Å²) >= 11 is 0. The third-order valence-corrected chi connectivity index (χ3v) is 12.8. The van der Waals surface area contributed by atoms with Crippen molar-refractivity contribution in [2.24, 2.45) is 0 Å². The Morgan fingerprint density at radius 1 is 0.469 bits per heavy atom. The molecule has 1 amide bonds. The van der Waals surface area contributed by atoms with Gasteiger partial charge in [-0.25, -0.2) is 0 Å². The molecule has 3 atom stereocenters. The Morgan fingerprint density at radius 2 is 0.844 bits per heavy atom. The molecule has 6 nitrogen and oxygen atoms in total. The first-order chi connectivity index (χ1) is 31.5. The van der Waals surface area contributed by atoms with E-state index in [9.17, 15) is 19.8 Å². The van der Waals surface area contributed by atoms with Crippen molar-refractivity contribution in [2.45, 2.75) is 302 Å². The largest absolute Gasteiger partial charge is 0.462 e. The molecule has 0 aliphatic carbocycles. The molecule has 374 valence electrons. The van der Waals surface area contributed by atoms with Crippen molar-refractivity contribution in [2.75, 3.05) is 6.61 Å². The van der Waals surface area contributed by atoms with Gasteiger partial charge in [0.05, 0.1) is 25.2 Å². The van der Waals surface area contributed by atoms with Gasteiger partial charge in [0.1, 0.15) is 6.10 Å². The zero-order valence-electron chi connectivity index (χ0n) is 42.7. The average molecular weight is 898 g/mol. The lowest BCUT2D eigenvalue weighted by Crippen LogP contribution is -2.46. The molecule has 6 heteroatoms. The molecule has 0 aliphatic rings. The van der Waals surface area contributed by atoms with Crippen LogP contribution in [0, 0.1) is 0 Å². The molecule has 0 heterocycles.